The van der Waals surface area contributed by atoms with Gasteiger partial charge in [0.05, 0.1) is 5.69 Å². The van der Waals surface area contributed by atoms with Crippen molar-refractivity contribution < 1.29 is 8.78 Å². The van der Waals surface area contributed by atoms with E-state index in [2.05, 4.69) is 4.98 Å². The fraction of sp³-hybridized carbons (Fsp3) is 0.188. The van der Waals surface area contributed by atoms with Crippen LogP contribution >= 0.6 is 11.6 Å². The van der Waals surface area contributed by atoms with Crippen molar-refractivity contribution in [3.8, 4) is 11.3 Å². The van der Waals surface area contributed by atoms with Crippen molar-refractivity contribution in [3.63, 3.8) is 0 Å². The minimum atomic E-state index is -0.677. The molecule has 21 heavy (non-hydrogen) atoms. The van der Waals surface area contributed by atoms with Gasteiger partial charge >= 0.3 is 0 Å². The molecule has 2 aromatic heterocycles. The SMILES string of the molecule is CC.Cc1c(-c2ccc(Cl)cc2)nc2c(F)cc(F)cn12. The zero-order chi connectivity index (χ0) is 15.6. The van der Waals surface area contributed by atoms with Crippen LogP contribution in [-0.4, -0.2) is 9.38 Å². The van der Waals surface area contributed by atoms with E-state index in [1.807, 2.05) is 13.8 Å². The fourth-order valence-electron chi connectivity index (χ4n) is 2.07. The van der Waals surface area contributed by atoms with Crippen LogP contribution in [0.25, 0.3) is 16.9 Å². The third-order valence-corrected chi connectivity index (χ3v) is 3.25. The summed E-state index contributed by atoms with van der Waals surface area (Å²) in [6.07, 6.45) is 1.22. The molecule has 0 atom stereocenters. The van der Waals surface area contributed by atoms with Crippen LogP contribution in [0.2, 0.25) is 5.02 Å². The Morgan fingerprint density at radius 1 is 1.10 bits per heavy atom. The number of pyridine rings is 1. The normalized spacial score (nSPS) is 10.4. The van der Waals surface area contributed by atoms with E-state index in [4.69, 9.17) is 11.6 Å². The number of benzene rings is 1. The van der Waals surface area contributed by atoms with Gasteiger partial charge in [-0.3, -0.25) is 4.40 Å². The summed E-state index contributed by atoms with van der Waals surface area (Å²) >= 11 is 5.83. The number of rotatable bonds is 1. The van der Waals surface area contributed by atoms with Crippen molar-refractivity contribution in [2.45, 2.75) is 20.8 Å². The molecule has 0 radical (unpaired) electrons. The van der Waals surface area contributed by atoms with E-state index in [-0.39, 0.29) is 5.65 Å². The third-order valence-electron chi connectivity index (χ3n) is 3.00. The minimum absolute atomic E-state index is 0.115. The highest BCUT2D eigenvalue weighted by Crippen LogP contribution is 2.26. The first-order valence-electron chi connectivity index (χ1n) is 6.66. The number of hydrogen-bond donors (Lipinski definition) is 0. The van der Waals surface area contributed by atoms with Gasteiger partial charge in [-0.2, -0.15) is 0 Å². The number of hydrogen-bond acceptors (Lipinski definition) is 1. The highest BCUT2D eigenvalue weighted by Gasteiger charge is 2.14. The first-order valence-corrected chi connectivity index (χ1v) is 7.03. The Bertz CT molecular complexity index is 764. The predicted molar refractivity (Wildman–Crippen MR) is 81.6 cm³/mol. The molecular formula is C16H15ClF2N2. The van der Waals surface area contributed by atoms with E-state index in [0.29, 0.717) is 16.4 Å². The molecule has 5 heteroatoms. The highest BCUT2D eigenvalue weighted by molar-refractivity contribution is 6.30. The van der Waals surface area contributed by atoms with Gasteiger partial charge in [-0.1, -0.05) is 37.6 Å². The van der Waals surface area contributed by atoms with Crippen LogP contribution in [0, 0.1) is 18.6 Å². The molecule has 3 rings (SSSR count). The molecule has 0 spiro atoms. The van der Waals surface area contributed by atoms with Crippen LogP contribution in [0.1, 0.15) is 19.5 Å². The maximum absolute atomic E-state index is 13.7. The second kappa shape index (κ2) is 6.22. The quantitative estimate of drug-likeness (QED) is 0.599. The van der Waals surface area contributed by atoms with E-state index >= 15 is 0 Å². The van der Waals surface area contributed by atoms with Gasteiger partial charge in [0.15, 0.2) is 11.5 Å². The van der Waals surface area contributed by atoms with E-state index in [9.17, 15) is 8.78 Å². The number of fused-ring (bicyclic) bond motifs is 1. The molecule has 0 aliphatic heterocycles. The molecule has 110 valence electrons. The van der Waals surface area contributed by atoms with Crippen molar-refractivity contribution in [1.82, 2.24) is 9.38 Å². The molecule has 0 saturated heterocycles. The Labute approximate surface area is 127 Å². The van der Waals surface area contributed by atoms with Gasteiger partial charge in [-0.15, -0.1) is 0 Å². The van der Waals surface area contributed by atoms with E-state index in [1.165, 1.54) is 10.6 Å². The Kier molecular flexibility index (Phi) is 4.58. The van der Waals surface area contributed by atoms with E-state index < -0.39 is 11.6 Å². The molecule has 0 fully saturated rings. The lowest BCUT2D eigenvalue weighted by Crippen LogP contribution is -1.92. The lowest BCUT2D eigenvalue weighted by molar-refractivity contribution is 0.576. The molecule has 1 aromatic carbocycles. The van der Waals surface area contributed by atoms with Gasteiger partial charge in [-0.05, 0) is 19.1 Å². The molecule has 0 aliphatic rings. The zero-order valence-corrected chi connectivity index (χ0v) is 12.7. The minimum Gasteiger partial charge on any atom is -0.298 e. The van der Waals surface area contributed by atoms with Crippen molar-refractivity contribution in [3.05, 3.63) is 58.9 Å². The summed E-state index contributed by atoms with van der Waals surface area (Å²) in [6, 6.07) is 7.89. The van der Waals surface area contributed by atoms with Crippen LogP contribution in [0.3, 0.4) is 0 Å². The number of halogens is 3. The number of aromatic nitrogens is 2. The average Bonchev–Trinajstić information content (AvgIpc) is 2.80. The Morgan fingerprint density at radius 2 is 1.71 bits per heavy atom. The summed E-state index contributed by atoms with van der Waals surface area (Å²) in [5.74, 6) is -1.31. The van der Waals surface area contributed by atoms with Crippen LogP contribution < -0.4 is 0 Å². The molecule has 0 saturated carbocycles. The fourth-order valence-corrected chi connectivity index (χ4v) is 2.19. The second-order valence-corrected chi connectivity index (χ2v) is 4.69. The summed E-state index contributed by atoms with van der Waals surface area (Å²) < 4.78 is 28.3. The van der Waals surface area contributed by atoms with Gasteiger partial charge in [0.2, 0.25) is 0 Å². The second-order valence-electron chi connectivity index (χ2n) is 4.25. The standard InChI is InChI=1S/C14H9ClF2N2.C2H6/c1-8-13(9-2-4-10(15)5-3-9)18-14-12(17)6-11(16)7-19(8)14;1-2/h2-7H,1H3;1-2H3. The lowest BCUT2D eigenvalue weighted by Gasteiger charge is -2.00. The topological polar surface area (TPSA) is 17.3 Å². The monoisotopic (exact) mass is 308 g/mol. The molecule has 0 aliphatic carbocycles. The van der Waals surface area contributed by atoms with Gasteiger partial charge in [-0.25, -0.2) is 13.8 Å². The molecule has 2 nitrogen and oxygen atoms in total. The smallest absolute Gasteiger partial charge is 0.174 e. The van der Waals surface area contributed by atoms with Gasteiger partial charge < -0.3 is 0 Å². The van der Waals surface area contributed by atoms with E-state index in [1.54, 1.807) is 31.2 Å². The maximum atomic E-state index is 13.7. The predicted octanol–water partition coefficient (Wildman–Crippen LogP) is 5.27. The number of aryl methyl sites for hydroxylation is 1. The van der Waals surface area contributed by atoms with E-state index in [0.717, 1.165) is 11.6 Å². The first kappa shape index (κ1) is 15.4. The molecule has 0 bridgehead atoms. The molecule has 3 aromatic rings. The summed E-state index contributed by atoms with van der Waals surface area (Å²) in [5, 5.41) is 0.613. The van der Waals surface area contributed by atoms with Gasteiger partial charge in [0.25, 0.3) is 0 Å². The van der Waals surface area contributed by atoms with Crippen LogP contribution in [0.5, 0.6) is 0 Å². The van der Waals surface area contributed by atoms with Crippen LogP contribution in [0.4, 0.5) is 8.78 Å². The van der Waals surface area contributed by atoms with Gasteiger partial charge in [0.1, 0.15) is 5.82 Å². The van der Waals surface area contributed by atoms with Crippen LogP contribution in [0.15, 0.2) is 36.5 Å². The molecule has 0 unspecified atom stereocenters. The average molecular weight is 309 g/mol. The van der Waals surface area contributed by atoms with Crippen molar-refractivity contribution >= 4 is 17.2 Å². The summed E-state index contributed by atoms with van der Waals surface area (Å²) in [7, 11) is 0. The third kappa shape index (κ3) is 2.90. The number of imidazole rings is 1. The number of nitrogens with zero attached hydrogens (tertiary/aromatic N) is 2. The lowest BCUT2D eigenvalue weighted by atomic mass is 10.1. The molecular weight excluding hydrogens is 294 g/mol. The molecule has 2 heterocycles. The Morgan fingerprint density at radius 3 is 2.33 bits per heavy atom. The van der Waals surface area contributed by atoms with Crippen LogP contribution in [-0.2, 0) is 0 Å². The van der Waals surface area contributed by atoms with Crippen molar-refractivity contribution in [2.24, 2.45) is 0 Å². The van der Waals surface area contributed by atoms with Gasteiger partial charge in [0, 0.05) is 28.5 Å². The molecule has 0 amide bonds. The zero-order valence-electron chi connectivity index (χ0n) is 12.0. The Hall–Kier alpha value is -1.94. The first-order chi connectivity index (χ1) is 10.1. The largest absolute Gasteiger partial charge is 0.298 e. The van der Waals surface area contributed by atoms with Crippen molar-refractivity contribution in [2.75, 3.05) is 0 Å². The summed E-state index contributed by atoms with van der Waals surface area (Å²) in [6.45, 7) is 5.77. The Balaban J connectivity index is 0.000000774. The summed E-state index contributed by atoms with van der Waals surface area (Å²) in [5.41, 5.74) is 2.21. The summed E-state index contributed by atoms with van der Waals surface area (Å²) in [4.78, 5) is 4.23. The van der Waals surface area contributed by atoms with Crippen molar-refractivity contribution in [1.29, 1.82) is 0 Å². The maximum Gasteiger partial charge on any atom is 0.174 e. The molecule has 0 N–H and O–H groups in total. The highest BCUT2D eigenvalue weighted by atomic mass is 35.5.